The summed E-state index contributed by atoms with van der Waals surface area (Å²) in [6.07, 6.45) is 0.803. The second kappa shape index (κ2) is 10.5. The molecule has 0 radical (unpaired) electrons. The van der Waals surface area contributed by atoms with E-state index < -0.39 is 0 Å². The number of nitrogens with zero attached hydrogens (tertiary/aromatic N) is 4. The summed E-state index contributed by atoms with van der Waals surface area (Å²) in [5.74, 6) is 0. The molecule has 1 fully saturated rings. The van der Waals surface area contributed by atoms with Crippen LogP contribution in [0.1, 0.15) is 30.9 Å². The summed E-state index contributed by atoms with van der Waals surface area (Å²) in [6.45, 7) is 3.00. The Kier molecular flexibility index (Phi) is 7.50. The quantitative estimate of drug-likeness (QED) is 0.373. The molecule has 3 rings (SSSR count). The van der Waals surface area contributed by atoms with Gasteiger partial charge in [0.1, 0.15) is 6.61 Å². The SMILES string of the molecule is CC1OC(CN(Cc2ccccc2)C(=O)OCc2ccccc2)CCC1N=[N+]=[N-]. The van der Waals surface area contributed by atoms with Gasteiger partial charge in [-0.05, 0) is 36.4 Å². The summed E-state index contributed by atoms with van der Waals surface area (Å²) in [5.41, 5.74) is 10.6. The highest BCUT2D eigenvalue weighted by atomic mass is 16.6. The number of rotatable bonds is 7. The Morgan fingerprint density at radius 2 is 1.79 bits per heavy atom. The molecule has 1 heterocycles. The average Bonchev–Trinajstić information content (AvgIpc) is 2.75. The summed E-state index contributed by atoms with van der Waals surface area (Å²) >= 11 is 0. The number of carbonyl (C=O) groups excluding carboxylic acids is 1. The van der Waals surface area contributed by atoms with Crippen molar-refractivity contribution < 1.29 is 14.3 Å². The van der Waals surface area contributed by atoms with Crippen molar-refractivity contribution in [3.05, 3.63) is 82.2 Å². The first-order valence-electron chi connectivity index (χ1n) is 9.85. The van der Waals surface area contributed by atoms with E-state index in [2.05, 4.69) is 10.0 Å². The number of azide groups is 1. The Morgan fingerprint density at radius 3 is 2.41 bits per heavy atom. The lowest BCUT2D eigenvalue weighted by Crippen LogP contribution is -2.44. The van der Waals surface area contributed by atoms with Crippen LogP contribution in [-0.4, -0.2) is 35.8 Å². The van der Waals surface area contributed by atoms with Crippen LogP contribution in [-0.2, 0) is 22.6 Å². The molecule has 0 saturated carbocycles. The van der Waals surface area contributed by atoms with E-state index in [9.17, 15) is 4.79 Å². The van der Waals surface area contributed by atoms with E-state index in [1.807, 2.05) is 67.6 Å². The van der Waals surface area contributed by atoms with Crippen LogP contribution in [0.3, 0.4) is 0 Å². The van der Waals surface area contributed by atoms with E-state index in [0.29, 0.717) is 13.1 Å². The molecule has 0 spiro atoms. The van der Waals surface area contributed by atoms with Gasteiger partial charge in [-0.1, -0.05) is 65.8 Å². The second-order valence-corrected chi connectivity index (χ2v) is 7.22. The van der Waals surface area contributed by atoms with Crippen molar-refractivity contribution >= 4 is 6.09 Å². The van der Waals surface area contributed by atoms with Crippen LogP contribution in [0.4, 0.5) is 4.79 Å². The zero-order valence-corrected chi connectivity index (χ0v) is 16.6. The number of hydrogen-bond acceptors (Lipinski definition) is 4. The van der Waals surface area contributed by atoms with Gasteiger partial charge in [0.2, 0.25) is 0 Å². The molecule has 1 aliphatic rings. The van der Waals surface area contributed by atoms with E-state index >= 15 is 0 Å². The van der Waals surface area contributed by atoms with Gasteiger partial charge < -0.3 is 14.4 Å². The zero-order chi connectivity index (χ0) is 20.5. The van der Waals surface area contributed by atoms with E-state index in [1.165, 1.54) is 0 Å². The summed E-state index contributed by atoms with van der Waals surface area (Å²) in [6, 6.07) is 19.3. The van der Waals surface area contributed by atoms with Crippen molar-refractivity contribution in [1.82, 2.24) is 4.90 Å². The molecule has 152 valence electrons. The molecule has 1 aliphatic heterocycles. The molecule has 7 heteroatoms. The van der Waals surface area contributed by atoms with E-state index in [0.717, 1.165) is 24.0 Å². The fourth-order valence-electron chi connectivity index (χ4n) is 3.47. The molecular formula is C22H26N4O3. The molecule has 29 heavy (non-hydrogen) atoms. The third-order valence-electron chi connectivity index (χ3n) is 5.04. The smallest absolute Gasteiger partial charge is 0.410 e. The Morgan fingerprint density at radius 1 is 1.14 bits per heavy atom. The monoisotopic (exact) mass is 394 g/mol. The number of amides is 1. The Hall–Kier alpha value is -3.02. The van der Waals surface area contributed by atoms with Crippen molar-refractivity contribution in [2.24, 2.45) is 5.11 Å². The van der Waals surface area contributed by atoms with Crippen molar-refractivity contribution in [2.75, 3.05) is 6.54 Å². The normalized spacial score (nSPS) is 21.1. The Balaban J connectivity index is 1.64. The van der Waals surface area contributed by atoms with Gasteiger partial charge in [0.05, 0.1) is 24.8 Å². The highest BCUT2D eigenvalue weighted by Gasteiger charge is 2.30. The predicted octanol–water partition coefficient (Wildman–Crippen LogP) is 5.07. The molecular weight excluding hydrogens is 368 g/mol. The summed E-state index contributed by atoms with van der Waals surface area (Å²) in [5, 5.41) is 3.79. The molecule has 0 N–H and O–H groups in total. The third-order valence-corrected chi connectivity index (χ3v) is 5.04. The predicted molar refractivity (Wildman–Crippen MR) is 110 cm³/mol. The minimum Gasteiger partial charge on any atom is -0.445 e. The number of hydrogen-bond donors (Lipinski definition) is 0. The van der Waals surface area contributed by atoms with Crippen LogP contribution in [0.5, 0.6) is 0 Å². The highest BCUT2D eigenvalue weighted by molar-refractivity contribution is 5.67. The van der Waals surface area contributed by atoms with Gasteiger partial charge in [0, 0.05) is 11.5 Å². The van der Waals surface area contributed by atoms with Gasteiger partial charge >= 0.3 is 6.09 Å². The number of ether oxygens (including phenoxy) is 2. The first-order valence-corrected chi connectivity index (χ1v) is 9.85. The largest absolute Gasteiger partial charge is 0.445 e. The summed E-state index contributed by atoms with van der Waals surface area (Å²) < 4.78 is 11.6. The van der Waals surface area contributed by atoms with Crippen LogP contribution in [0, 0.1) is 0 Å². The minimum atomic E-state index is -0.369. The highest BCUT2D eigenvalue weighted by Crippen LogP contribution is 2.23. The molecule has 2 aromatic carbocycles. The molecule has 2 aromatic rings. The topological polar surface area (TPSA) is 87.5 Å². The zero-order valence-electron chi connectivity index (χ0n) is 16.6. The minimum absolute atomic E-state index is 0.122. The van der Waals surface area contributed by atoms with Crippen molar-refractivity contribution in [3.63, 3.8) is 0 Å². The molecule has 0 aliphatic carbocycles. The maximum absolute atomic E-state index is 12.8. The number of carbonyl (C=O) groups is 1. The van der Waals surface area contributed by atoms with Crippen molar-refractivity contribution in [1.29, 1.82) is 0 Å². The van der Waals surface area contributed by atoms with Gasteiger partial charge in [0.25, 0.3) is 0 Å². The molecule has 1 saturated heterocycles. The van der Waals surface area contributed by atoms with Crippen LogP contribution in [0.15, 0.2) is 65.8 Å². The average molecular weight is 394 g/mol. The molecule has 0 bridgehead atoms. The molecule has 1 amide bonds. The summed E-state index contributed by atoms with van der Waals surface area (Å²) in [7, 11) is 0. The van der Waals surface area contributed by atoms with Gasteiger partial charge in [-0.3, -0.25) is 0 Å². The van der Waals surface area contributed by atoms with Crippen molar-refractivity contribution in [2.45, 2.75) is 51.2 Å². The summed E-state index contributed by atoms with van der Waals surface area (Å²) in [4.78, 5) is 17.4. The lowest BCUT2D eigenvalue weighted by Gasteiger charge is -2.35. The van der Waals surface area contributed by atoms with Gasteiger partial charge in [-0.2, -0.15) is 0 Å². The van der Waals surface area contributed by atoms with Crippen molar-refractivity contribution in [3.8, 4) is 0 Å². The van der Waals surface area contributed by atoms with Gasteiger partial charge in [-0.25, -0.2) is 4.79 Å². The molecule has 7 nitrogen and oxygen atoms in total. The maximum atomic E-state index is 12.8. The second-order valence-electron chi connectivity index (χ2n) is 7.22. The van der Waals surface area contributed by atoms with Crippen LogP contribution in [0.2, 0.25) is 0 Å². The fourth-order valence-corrected chi connectivity index (χ4v) is 3.47. The lowest BCUT2D eigenvalue weighted by molar-refractivity contribution is -0.0635. The van der Waals surface area contributed by atoms with Gasteiger partial charge in [0.15, 0.2) is 0 Å². The third kappa shape index (κ3) is 6.24. The molecule has 3 unspecified atom stereocenters. The van der Waals surface area contributed by atoms with Crippen LogP contribution in [0.25, 0.3) is 10.4 Å². The Bertz CT molecular complexity index is 824. The van der Waals surface area contributed by atoms with E-state index in [1.54, 1.807) is 4.90 Å². The standard InChI is InChI=1S/C22H26N4O3/c1-17-21(24-25-23)13-12-20(29-17)15-26(14-18-8-4-2-5-9-18)22(27)28-16-19-10-6-3-7-11-19/h2-11,17,20-21H,12-16H2,1H3. The molecule has 3 atom stereocenters. The maximum Gasteiger partial charge on any atom is 0.410 e. The molecule has 0 aromatic heterocycles. The number of benzene rings is 2. The Labute approximate surface area is 170 Å². The van der Waals surface area contributed by atoms with E-state index in [4.69, 9.17) is 15.0 Å². The first-order chi connectivity index (χ1) is 14.2. The van der Waals surface area contributed by atoms with E-state index in [-0.39, 0.29) is 30.9 Å². The van der Waals surface area contributed by atoms with Gasteiger partial charge in [-0.15, -0.1) is 0 Å². The lowest BCUT2D eigenvalue weighted by atomic mass is 10.00. The van der Waals surface area contributed by atoms with Crippen LogP contribution >= 0.6 is 0 Å². The fraction of sp³-hybridized carbons (Fsp3) is 0.409. The first kappa shape index (κ1) is 20.7. The van der Waals surface area contributed by atoms with Crippen LogP contribution < -0.4 is 0 Å².